The van der Waals surface area contributed by atoms with Crippen molar-refractivity contribution in [3.8, 4) is 0 Å². The number of carbonyl (C=O) groups is 2. The van der Waals surface area contributed by atoms with Crippen molar-refractivity contribution < 1.29 is 18.8 Å². The predicted molar refractivity (Wildman–Crippen MR) is 105 cm³/mol. The van der Waals surface area contributed by atoms with Crippen LogP contribution >= 0.6 is 0 Å². The van der Waals surface area contributed by atoms with Gasteiger partial charge in [0.25, 0.3) is 8.32 Å². The quantitative estimate of drug-likeness (QED) is 0.427. The van der Waals surface area contributed by atoms with E-state index in [1.807, 2.05) is 60.7 Å². The molecule has 138 valence electrons. The number of hydrogen-bond acceptors (Lipinski definition) is 4. The summed E-state index contributed by atoms with van der Waals surface area (Å²) in [4.78, 5) is 23.5. The molecule has 0 heterocycles. The van der Waals surface area contributed by atoms with Crippen LogP contribution < -0.4 is 10.4 Å². The topological polar surface area (TPSA) is 52.6 Å². The molecule has 0 radical (unpaired) electrons. The van der Waals surface area contributed by atoms with Gasteiger partial charge in [-0.05, 0) is 15.4 Å². The Kier molecular flexibility index (Phi) is 6.50. The normalized spacial score (nSPS) is 13.1. The summed E-state index contributed by atoms with van der Waals surface area (Å²) in [5.74, 6) is -0.458. The minimum Gasteiger partial charge on any atom is -0.469 e. The molecule has 1 atom stereocenters. The highest BCUT2D eigenvalue weighted by Crippen LogP contribution is 2.37. The first-order valence-electron chi connectivity index (χ1n) is 8.66. The number of hydrogen-bond donors (Lipinski definition) is 0. The second-order valence-electron chi connectivity index (χ2n) is 7.24. The van der Waals surface area contributed by atoms with Gasteiger partial charge in [-0.1, -0.05) is 81.4 Å². The lowest BCUT2D eigenvalue weighted by atomic mass is 10.2. The van der Waals surface area contributed by atoms with Crippen molar-refractivity contribution in [3.05, 3.63) is 60.7 Å². The molecule has 0 fully saturated rings. The fraction of sp³-hybridized carbons (Fsp3) is 0.333. The maximum absolute atomic E-state index is 11.7. The summed E-state index contributed by atoms with van der Waals surface area (Å²) in [5.41, 5.74) is 0. The van der Waals surface area contributed by atoms with Crippen molar-refractivity contribution in [2.45, 2.75) is 38.3 Å². The zero-order chi connectivity index (χ0) is 19.2. The molecule has 26 heavy (non-hydrogen) atoms. The molecular formula is C21H26O4Si. The molecule has 0 saturated heterocycles. The molecule has 2 aromatic rings. The lowest BCUT2D eigenvalue weighted by molar-refractivity contribution is -0.143. The molecule has 0 unspecified atom stereocenters. The third kappa shape index (κ3) is 4.11. The van der Waals surface area contributed by atoms with Gasteiger partial charge in [-0.2, -0.15) is 0 Å². The number of rotatable bonds is 7. The van der Waals surface area contributed by atoms with Crippen LogP contribution in [0.1, 0.15) is 27.2 Å². The zero-order valence-corrected chi connectivity index (χ0v) is 16.8. The van der Waals surface area contributed by atoms with Crippen molar-refractivity contribution in [2.24, 2.45) is 0 Å². The van der Waals surface area contributed by atoms with Crippen molar-refractivity contribution in [2.75, 3.05) is 7.11 Å². The highest BCUT2D eigenvalue weighted by molar-refractivity contribution is 6.99. The van der Waals surface area contributed by atoms with Crippen LogP contribution in [0.5, 0.6) is 0 Å². The Morgan fingerprint density at radius 2 is 1.46 bits per heavy atom. The molecule has 0 bridgehead atoms. The van der Waals surface area contributed by atoms with E-state index in [4.69, 9.17) is 9.16 Å². The third-order valence-electron chi connectivity index (χ3n) is 4.49. The Morgan fingerprint density at radius 3 is 1.81 bits per heavy atom. The van der Waals surface area contributed by atoms with Crippen LogP contribution in [0, 0.1) is 0 Å². The van der Waals surface area contributed by atoms with Gasteiger partial charge in [0, 0.05) is 0 Å². The van der Waals surface area contributed by atoms with E-state index in [-0.39, 0.29) is 11.5 Å². The van der Waals surface area contributed by atoms with E-state index in [1.54, 1.807) is 0 Å². The van der Waals surface area contributed by atoms with Gasteiger partial charge in [-0.15, -0.1) is 0 Å². The summed E-state index contributed by atoms with van der Waals surface area (Å²) in [6, 6.07) is 20.0. The van der Waals surface area contributed by atoms with Gasteiger partial charge in [0.05, 0.1) is 13.5 Å². The van der Waals surface area contributed by atoms with Crippen LogP contribution in [0.3, 0.4) is 0 Å². The number of benzene rings is 2. The van der Waals surface area contributed by atoms with Gasteiger partial charge in [0.15, 0.2) is 0 Å². The van der Waals surface area contributed by atoms with Crippen LogP contribution in [0.2, 0.25) is 5.04 Å². The lowest BCUT2D eigenvalue weighted by Crippen LogP contribution is -2.68. The standard InChI is InChI=1S/C21H26O4Si/c1-21(2,3)26(18-11-7-5-8-12-18,19-13-9-6-10-14-19)25-17(16-22)15-20(23)24-4/h5-14,16-17H,15H2,1-4H3/t17-/m1/s1. The molecule has 0 aromatic heterocycles. The number of esters is 1. The van der Waals surface area contributed by atoms with E-state index in [1.165, 1.54) is 7.11 Å². The summed E-state index contributed by atoms with van der Waals surface area (Å²) >= 11 is 0. The molecule has 0 amide bonds. The maximum Gasteiger partial charge on any atom is 0.308 e. The smallest absolute Gasteiger partial charge is 0.308 e. The van der Waals surface area contributed by atoms with Crippen molar-refractivity contribution in [1.29, 1.82) is 0 Å². The molecule has 0 saturated carbocycles. The van der Waals surface area contributed by atoms with Crippen molar-refractivity contribution in [3.63, 3.8) is 0 Å². The molecule has 2 rings (SSSR count). The number of carbonyl (C=O) groups excluding carboxylic acids is 2. The first kappa shape index (κ1) is 20.1. The van der Waals surface area contributed by atoms with Crippen LogP contribution in [0.25, 0.3) is 0 Å². The zero-order valence-electron chi connectivity index (χ0n) is 15.8. The molecule has 5 heteroatoms. The first-order chi connectivity index (χ1) is 12.3. The highest BCUT2D eigenvalue weighted by Gasteiger charge is 2.51. The summed E-state index contributed by atoms with van der Waals surface area (Å²) < 4.78 is 11.3. The Balaban J connectivity index is 2.64. The van der Waals surface area contributed by atoms with E-state index >= 15 is 0 Å². The van der Waals surface area contributed by atoms with Crippen LogP contribution in [-0.4, -0.2) is 33.8 Å². The SMILES string of the molecule is COC(=O)C[C@H](C=O)O[Si](c1ccccc1)(c1ccccc1)C(C)(C)C. The molecule has 0 aliphatic carbocycles. The van der Waals surface area contributed by atoms with Gasteiger partial charge < -0.3 is 14.0 Å². The second kappa shape index (κ2) is 8.43. The lowest BCUT2D eigenvalue weighted by Gasteiger charge is -2.44. The van der Waals surface area contributed by atoms with E-state index in [9.17, 15) is 9.59 Å². The second-order valence-corrected chi connectivity index (χ2v) is 11.5. The number of methoxy groups -OCH3 is 1. The monoisotopic (exact) mass is 370 g/mol. The molecule has 0 aliphatic heterocycles. The van der Waals surface area contributed by atoms with E-state index in [0.717, 1.165) is 10.4 Å². The van der Waals surface area contributed by atoms with Gasteiger partial charge in [-0.25, -0.2) is 0 Å². The summed E-state index contributed by atoms with van der Waals surface area (Å²) in [5, 5.41) is 1.87. The summed E-state index contributed by atoms with van der Waals surface area (Å²) in [6.07, 6.45) is -0.241. The summed E-state index contributed by atoms with van der Waals surface area (Å²) in [7, 11) is -1.54. The molecule has 0 aliphatic rings. The van der Waals surface area contributed by atoms with E-state index in [2.05, 4.69) is 20.8 Å². The minimum absolute atomic E-state index is 0.0928. The number of ether oxygens (including phenoxy) is 1. The Labute approximate surface area is 156 Å². The van der Waals surface area contributed by atoms with E-state index < -0.39 is 20.4 Å². The first-order valence-corrected chi connectivity index (χ1v) is 10.6. The fourth-order valence-corrected chi connectivity index (χ4v) is 7.89. The van der Waals surface area contributed by atoms with Gasteiger partial charge in [-0.3, -0.25) is 4.79 Å². The van der Waals surface area contributed by atoms with Gasteiger partial charge >= 0.3 is 5.97 Å². The molecule has 0 N–H and O–H groups in total. The Hall–Kier alpha value is -2.24. The Bertz CT molecular complexity index is 683. The molecule has 0 spiro atoms. The average Bonchev–Trinajstić information content (AvgIpc) is 2.65. The van der Waals surface area contributed by atoms with Crippen LogP contribution in [-0.2, 0) is 18.8 Å². The molecule has 2 aromatic carbocycles. The summed E-state index contributed by atoms with van der Waals surface area (Å²) in [6.45, 7) is 6.37. The fourth-order valence-electron chi connectivity index (χ4n) is 3.28. The minimum atomic E-state index is -2.85. The maximum atomic E-state index is 11.7. The Morgan fingerprint density at radius 1 is 1.00 bits per heavy atom. The van der Waals surface area contributed by atoms with Crippen molar-refractivity contribution in [1.82, 2.24) is 0 Å². The molecule has 4 nitrogen and oxygen atoms in total. The predicted octanol–water partition coefficient (Wildman–Crippen LogP) is 2.69. The average molecular weight is 371 g/mol. The largest absolute Gasteiger partial charge is 0.469 e. The third-order valence-corrected chi connectivity index (χ3v) is 9.55. The van der Waals surface area contributed by atoms with Crippen LogP contribution in [0.4, 0.5) is 0 Å². The van der Waals surface area contributed by atoms with Gasteiger partial charge in [0.1, 0.15) is 12.4 Å². The van der Waals surface area contributed by atoms with Crippen LogP contribution in [0.15, 0.2) is 60.7 Å². The number of aldehydes is 1. The highest BCUT2D eigenvalue weighted by atomic mass is 28.4. The van der Waals surface area contributed by atoms with Crippen molar-refractivity contribution >= 4 is 30.9 Å². The van der Waals surface area contributed by atoms with E-state index in [0.29, 0.717) is 6.29 Å². The van der Waals surface area contributed by atoms with Gasteiger partial charge in [0.2, 0.25) is 0 Å². The molecular weight excluding hydrogens is 344 g/mol.